The molecule has 1 atom stereocenters. The highest BCUT2D eigenvalue weighted by Gasteiger charge is 2.34. The Hall–Kier alpha value is -3.10. The molecule has 1 saturated heterocycles. The third kappa shape index (κ3) is 3.44. The normalized spacial score (nSPS) is 17.3. The molecular weight excluding hydrogens is 348 g/mol. The van der Waals surface area contributed by atoms with Crippen LogP contribution in [-0.2, 0) is 6.42 Å². The summed E-state index contributed by atoms with van der Waals surface area (Å²) in [7, 11) is 0. The van der Waals surface area contributed by atoms with Crippen molar-refractivity contribution in [3.8, 4) is 11.6 Å². The van der Waals surface area contributed by atoms with Crippen molar-refractivity contribution >= 4 is 5.91 Å². The fraction of sp³-hybridized carbons (Fsp3) is 0.444. The van der Waals surface area contributed by atoms with Gasteiger partial charge in [0, 0.05) is 25.2 Å². The van der Waals surface area contributed by atoms with E-state index in [9.17, 15) is 4.79 Å². The number of carbonyl (C=O) groups is 1. The van der Waals surface area contributed by atoms with Gasteiger partial charge < -0.3 is 13.8 Å². The zero-order valence-electron chi connectivity index (χ0n) is 15.3. The minimum absolute atomic E-state index is 0.182. The number of hydrogen-bond acceptors (Lipinski definition) is 8. The molecule has 0 saturated carbocycles. The number of piperidine rings is 1. The van der Waals surface area contributed by atoms with E-state index in [0.29, 0.717) is 41.9 Å². The molecule has 1 fully saturated rings. The van der Waals surface area contributed by atoms with Crippen molar-refractivity contribution < 1.29 is 13.7 Å². The minimum atomic E-state index is -0.285. The average Bonchev–Trinajstić information content (AvgIpc) is 3.38. The number of carbonyl (C=O) groups excluding carboxylic acids is 1. The maximum absolute atomic E-state index is 12.9. The van der Waals surface area contributed by atoms with Gasteiger partial charge >= 0.3 is 0 Å². The summed E-state index contributed by atoms with van der Waals surface area (Å²) in [5.74, 6) is 1.20. The molecular formula is C18H20N6O3. The zero-order valence-corrected chi connectivity index (χ0v) is 15.3. The maximum Gasteiger partial charge on any atom is 0.276 e. The monoisotopic (exact) mass is 368 g/mol. The Morgan fingerprint density at radius 1 is 1.26 bits per heavy atom. The van der Waals surface area contributed by atoms with Crippen molar-refractivity contribution in [2.75, 3.05) is 6.54 Å². The van der Waals surface area contributed by atoms with E-state index in [1.807, 2.05) is 13.8 Å². The molecule has 1 aliphatic heterocycles. The Morgan fingerprint density at radius 2 is 2.15 bits per heavy atom. The smallest absolute Gasteiger partial charge is 0.276 e. The fourth-order valence-electron chi connectivity index (χ4n) is 3.13. The van der Waals surface area contributed by atoms with E-state index in [-0.39, 0.29) is 11.9 Å². The van der Waals surface area contributed by atoms with Crippen LogP contribution in [0.5, 0.6) is 0 Å². The summed E-state index contributed by atoms with van der Waals surface area (Å²) in [4.78, 5) is 23.1. The highest BCUT2D eigenvalue weighted by Crippen LogP contribution is 2.32. The van der Waals surface area contributed by atoms with Crippen LogP contribution in [0.15, 0.2) is 27.4 Å². The molecule has 0 unspecified atom stereocenters. The van der Waals surface area contributed by atoms with Crippen molar-refractivity contribution in [2.45, 2.75) is 45.6 Å². The predicted octanol–water partition coefficient (Wildman–Crippen LogP) is 2.75. The predicted molar refractivity (Wildman–Crippen MR) is 93.6 cm³/mol. The van der Waals surface area contributed by atoms with Crippen LogP contribution in [0.1, 0.15) is 60.1 Å². The van der Waals surface area contributed by atoms with Crippen LogP contribution in [0.3, 0.4) is 0 Å². The lowest BCUT2D eigenvalue weighted by molar-refractivity contribution is 0.0562. The molecule has 0 aliphatic carbocycles. The summed E-state index contributed by atoms with van der Waals surface area (Å²) in [6, 6.07) is 1.41. The Balaban J connectivity index is 1.59. The molecule has 9 nitrogen and oxygen atoms in total. The average molecular weight is 368 g/mol. The van der Waals surface area contributed by atoms with Gasteiger partial charge in [0.2, 0.25) is 5.89 Å². The van der Waals surface area contributed by atoms with Crippen LogP contribution in [0.25, 0.3) is 11.6 Å². The van der Waals surface area contributed by atoms with Gasteiger partial charge in [0.1, 0.15) is 17.5 Å². The number of nitrogens with zero attached hydrogens (tertiary/aromatic N) is 6. The summed E-state index contributed by atoms with van der Waals surface area (Å²) >= 11 is 0. The van der Waals surface area contributed by atoms with E-state index in [2.05, 4.69) is 25.3 Å². The standard InChI is InChI=1S/C18H20N6O3/c1-3-12-8-13(23-27-12)18(25)24-7-5-4-6-15(24)17-22-21-16(26-17)14-10-19-11(2)9-20-14/h8-10,15H,3-7H2,1-2H3/t15-/m0/s1. The van der Waals surface area contributed by atoms with Gasteiger partial charge in [-0.1, -0.05) is 12.1 Å². The fourth-order valence-corrected chi connectivity index (χ4v) is 3.13. The van der Waals surface area contributed by atoms with Crippen LogP contribution in [0, 0.1) is 6.92 Å². The van der Waals surface area contributed by atoms with Gasteiger partial charge in [0.15, 0.2) is 5.69 Å². The van der Waals surface area contributed by atoms with Crippen molar-refractivity contribution in [2.24, 2.45) is 0 Å². The second-order valence-electron chi connectivity index (χ2n) is 6.53. The topological polar surface area (TPSA) is 111 Å². The summed E-state index contributed by atoms with van der Waals surface area (Å²) in [5.41, 5.74) is 1.63. The highest BCUT2D eigenvalue weighted by molar-refractivity contribution is 5.92. The van der Waals surface area contributed by atoms with Gasteiger partial charge in [-0.15, -0.1) is 10.2 Å². The molecule has 4 heterocycles. The molecule has 3 aromatic heterocycles. The number of rotatable bonds is 4. The van der Waals surface area contributed by atoms with Crippen LogP contribution < -0.4 is 0 Å². The quantitative estimate of drug-likeness (QED) is 0.691. The number of aromatic nitrogens is 5. The third-order valence-electron chi connectivity index (χ3n) is 4.62. The molecule has 9 heteroatoms. The Labute approximate surface area is 155 Å². The Morgan fingerprint density at radius 3 is 2.89 bits per heavy atom. The van der Waals surface area contributed by atoms with E-state index >= 15 is 0 Å². The Bertz CT molecular complexity index is 933. The number of likely N-dealkylation sites (tertiary alicyclic amines) is 1. The molecule has 1 amide bonds. The summed E-state index contributed by atoms with van der Waals surface area (Å²) in [5, 5.41) is 12.1. The van der Waals surface area contributed by atoms with Gasteiger partial charge in [0.25, 0.3) is 11.8 Å². The second-order valence-corrected chi connectivity index (χ2v) is 6.53. The molecule has 140 valence electrons. The summed E-state index contributed by atoms with van der Waals surface area (Å²) in [6.45, 7) is 4.42. The summed E-state index contributed by atoms with van der Waals surface area (Å²) < 4.78 is 11.0. The summed E-state index contributed by atoms with van der Waals surface area (Å²) in [6.07, 6.45) is 6.59. The van der Waals surface area contributed by atoms with Crippen molar-refractivity contribution in [3.63, 3.8) is 0 Å². The van der Waals surface area contributed by atoms with Crippen molar-refractivity contribution in [1.29, 1.82) is 0 Å². The highest BCUT2D eigenvalue weighted by atomic mass is 16.5. The van der Waals surface area contributed by atoms with Crippen LogP contribution in [0.2, 0.25) is 0 Å². The molecule has 4 rings (SSSR count). The minimum Gasteiger partial charge on any atom is -0.417 e. The first-order valence-electron chi connectivity index (χ1n) is 9.04. The molecule has 3 aromatic rings. The molecule has 0 radical (unpaired) electrons. The van der Waals surface area contributed by atoms with Gasteiger partial charge in [0.05, 0.1) is 11.9 Å². The van der Waals surface area contributed by atoms with E-state index in [1.54, 1.807) is 23.4 Å². The lowest BCUT2D eigenvalue weighted by Crippen LogP contribution is -2.38. The van der Waals surface area contributed by atoms with E-state index in [0.717, 1.165) is 25.0 Å². The lowest BCUT2D eigenvalue weighted by Gasteiger charge is -2.32. The zero-order chi connectivity index (χ0) is 18.8. The third-order valence-corrected chi connectivity index (χ3v) is 4.62. The van der Waals surface area contributed by atoms with E-state index < -0.39 is 0 Å². The van der Waals surface area contributed by atoms with Crippen molar-refractivity contribution in [3.05, 3.63) is 41.5 Å². The molecule has 1 aliphatic rings. The second kappa shape index (κ2) is 7.26. The molecule has 0 aromatic carbocycles. The van der Waals surface area contributed by atoms with Gasteiger partial charge in [-0.3, -0.25) is 9.78 Å². The van der Waals surface area contributed by atoms with Crippen LogP contribution in [0.4, 0.5) is 0 Å². The molecule has 0 bridgehead atoms. The maximum atomic E-state index is 12.9. The van der Waals surface area contributed by atoms with Crippen LogP contribution >= 0.6 is 0 Å². The van der Waals surface area contributed by atoms with Gasteiger partial charge in [-0.2, -0.15) is 0 Å². The first kappa shape index (κ1) is 17.3. The van der Waals surface area contributed by atoms with Crippen LogP contribution in [-0.4, -0.2) is 42.7 Å². The Kier molecular flexibility index (Phi) is 4.66. The van der Waals surface area contributed by atoms with E-state index in [4.69, 9.17) is 8.94 Å². The van der Waals surface area contributed by atoms with Gasteiger partial charge in [-0.05, 0) is 26.2 Å². The van der Waals surface area contributed by atoms with Crippen molar-refractivity contribution in [1.82, 2.24) is 30.2 Å². The number of amides is 1. The molecule has 0 N–H and O–H groups in total. The number of aryl methyl sites for hydroxylation is 2. The first-order chi connectivity index (χ1) is 13.2. The number of hydrogen-bond donors (Lipinski definition) is 0. The SMILES string of the molecule is CCc1cc(C(=O)N2CCCC[C@H]2c2nnc(-c3cnc(C)cn3)o2)no1. The lowest BCUT2D eigenvalue weighted by atomic mass is 10.0. The van der Waals surface area contributed by atoms with Gasteiger partial charge in [-0.25, -0.2) is 4.98 Å². The molecule has 0 spiro atoms. The first-order valence-corrected chi connectivity index (χ1v) is 9.04. The molecule has 27 heavy (non-hydrogen) atoms. The largest absolute Gasteiger partial charge is 0.417 e. The van der Waals surface area contributed by atoms with E-state index in [1.165, 1.54) is 0 Å².